The van der Waals surface area contributed by atoms with Crippen molar-refractivity contribution >= 4 is 17.9 Å². The van der Waals surface area contributed by atoms with Gasteiger partial charge >= 0.3 is 17.9 Å². The second-order valence-corrected chi connectivity index (χ2v) is 7.25. The summed E-state index contributed by atoms with van der Waals surface area (Å²) in [7, 11) is 0. The van der Waals surface area contributed by atoms with E-state index in [-0.39, 0.29) is 18.6 Å². The molecule has 0 aliphatic carbocycles. The lowest BCUT2D eigenvalue weighted by atomic mass is 10.1. The van der Waals surface area contributed by atoms with Crippen LogP contribution in [0.5, 0.6) is 5.75 Å². The fourth-order valence-corrected chi connectivity index (χ4v) is 2.32. The number of unbranched alkanes of at least 4 members (excludes halogenated alkanes) is 1. The molecule has 0 radical (unpaired) electrons. The van der Waals surface area contributed by atoms with Gasteiger partial charge in [-0.1, -0.05) is 18.6 Å². The van der Waals surface area contributed by atoms with Gasteiger partial charge in [0.05, 0.1) is 12.0 Å². The van der Waals surface area contributed by atoms with Crippen molar-refractivity contribution in [3.8, 4) is 5.75 Å². The van der Waals surface area contributed by atoms with E-state index in [0.29, 0.717) is 18.7 Å². The number of imidazole rings is 1. The summed E-state index contributed by atoms with van der Waals surface area (Å²) in [5, 5.41) is 34.2. The average Bonchev–Trinajstić information content (AvgIpc) is 3.29. The molecule has 2 aromatic rings. The summed E-state index contributed by atoms with van der Waals surface area (Å²) in [6.45, 7) is 0.604. The van der Waals surface area contributed by atoms with Gasteiger partial charge in [-0.2, -0.15) is 0 Å². The van der Waals surface area contributed by atoms with E-state index in [0.717, 1.165) is 18.4 Å². The molecule has 2 rings (SSSR count). The van der Waals surface area contributed by atoms with E-state index in [1.807, 2.05) is 0 Å². The Labute approximate surface area is 196 Å². The summed E-state index contributed by atoms with van der Waals surface area (Å²) < 4.78 is 0. The molecule has 1 heterocycles. The number of carboxylic acids is 3. The van der Waals surface area contributed by atoms with Crippen molar-refractivity contribution in [1.29, 1.82) is 0 Å². The summed E-state index contributed by atoms with van der Waals surface area (Å²) in [6, 6.07) is 3.85. The van der Waals surface area contributed by atoms with Crippen LogP contribution in [0.2, 0.25) is 0 Å². The first-order chi connectivity index (χ1) is 16.0. The van der Waals surface area contributed by atoms with Crippen LogP contribution in [-0.2, 0) is 27.2 Å². The molecule has 1 aromatic carbocycles. The van der Waals surface area contributed by atoms with Crippen molar-refractivity contribution < 1.29 is 34.8 Å². The Bertz CT molecular complexity index is 846. The van der Waals surface area contributed by atoms with Gasteiger partial charge in [-0.15, -0.1) is 0 Å². The molecule has 13 heteroatoms. The van der Waals surface area contributed by atoms with Gasteiger partial charge in [0.15, 0.2) is 0 Å². The quantitative estimate of drug-likeness (QED) is 0.179. The highest BCUT2D eigenvalue weighted by molar-refractivity contribution is 5.74. The highest BCUT2D eigenvalue weighted by Gasteiger charge is 2.13. The molecule has 0 saturated heterocycles. The van der Waals surface area contributed by atoms with Gasteiger partial charge in [0, 0.05) is 12.6 Å². The molecule has 0 fully saturated rings. The molecular formula is C21H34N6O7. The van der Waals surface area contributed by atoms with Crippen LogP contribution in [0, 0.1) is 0 Å². The lowest BCUT2D eigenvalue weighted by Gasteiger charge is -2.05. The highest BCUT2D eigenvalue weighted by Crippen LogP contribution is 2.10. The third kappa shape index (κ3) is 14.5. The van der Waals surface area contributed by atoms with E-state index in [1.165, 1.54) is 18.5 Å². The summed E-state index contributed by atoms with van der Waals surface area (Å²) in [4.78, 5) is 37.4. The number of nitrogens with two attached hydrogens (primary N) is 4. The van der Waals surface area contributed by atoms with Crippen molar-refractivity contribution in [1.82, 2.24) is 9.97 Å². The maximum absolute atomic E-state index is 10.4. The van der Waals surface area contributed by atoms with Crippen molar-refractivity contribution in [3.05, 3.63) is 48.0 Å². The topological polar surface area (TPSA) is 265 Å². The van der Waals surface area contributed by atoms with E-state index < -0.39 is 36.0 Å². The molecule has 0 saturated carbocycles. The standard InChI is InChI=1S/C9H11NO3.C6H9N3O2.C6H14N2O2/c10-8(9(12)13)5-6-1-3-7(11)4-2-6;7-5(6(10)11)1-4-2-8-3-9-4;7-4-2-1-3-5(8)6(9)10/h1-4,8,11H,5,10H2,(H,12,13);2-3,5H,1,7H2,(H,8,9)(H,10,11);5H,1-4,7-8H2,(H,9,10)/t8-;2*5-/m000/s1. The summed E-state index contributed by atoms with van der Waals surface area (Å²) in [6.07, 6.45) is 5.82. The van der Waals surface area contributed by atoms with Crippen molar-refractivity contribution in [2.45, 2.75) is 50.2 Å². The summed E-state index contributed by atoms with van der Waals surface area (Å²) in [5.74, 6) is -2.80. The van der Waals surface area contributed by atoms with Gasteiger partial charge in [-0.05, 0) is 43.5 Å². The maximum atomic E-state index is 10.4. The number of hydrogen-bond donors (Lipinski definition) is 9. The number of aromatic hydroxyl groups is 1. The maximum Gasteiger partial charge on any atom is 0.320 e. The molecule has 1 aromatic heterocycles. The van der Waals surface area contributed by atoms with Gasteiger partial charge in [-0.3, -0.25) is 14.4 Å². The Hall–Kier alpha value is -3.52. The Morgan fingerprint density at radius 2 is 1.38 bits per heavy atom. The molecule has 0 spiro atoms. The van der Waals surface area contributed by atoms with Crippen molar-refractivity contribution in [3.63, 3.8) is 0 Å². The van der Waals surface area contributed by atoms with Gasteiger partial charge in [-0.25, -0.2) is 4.98 Å². The molecule has 0 aliphatic heterocycles. The number of aliphatic carboxylic acids is 3. The van der Waals surface area contributed by atoms with Crippen LogP contribution in [0.4, 0.5) is 0 Å². The molecule has 13 nitrogen and oxygen atoms in total. The minimum Gasteiger partial charge on any atom is -0.508 e. The van der Waals surface area contributed by atoms with E-state index >= 15 is 0 Å². The number of H-pyrrole nitrogens is 1. The van der Waals surface area contributed by atoms with Gasteiger partial charge in [0.1, 0.15) is 23.9 Å². The lowest BCUT2D eigenvalue weighted by molar-refractivity contribution is -0.139. The number of hydrogen-bond acceptors (Lipinski definition) is 9. The molecule has 0 bridgehead atoms. The Balaban J connectivity index is 0.000000486. The predicted molar refractivity (Wildman–Crippen MR) is 124 cm³/mol. The molecule has 190 valence electrons. The van der Waals surface area contributed by atoms with Crippen LogP contribution < -0.4 is 22.9 Å². The largest absolute Gasteiger partial charge is 0.508 e. The number of carboxylic acid groups (broad SMARTS) is 3. The Morgan fingerprint density at radius 1 is 0.853 bits per heavy atom. The Kier molecular flexibility index (Phi) is 15.3. The van der Waals surface area contributed by atoms with Crippen LogP contribution in [-0.4, -0.2) is 73.0 Å². The van der Waals surface area contributed by atoms with Crippen LogP contribution in [0.1, 0.15) is 30.5 Å². The number of nitrogens with one attached hydrogen (secondary N) is 1. The second-order valence-electron chi connectivity index (χ2n) is 7.25. The molecule has 3 atom stereocenters. The average molecular weight is 483 g/mol. The smallest absolute Gasteiger partial charge is 0.320 e. The lowest BCUT2D eigenvalue weighted by Crippen LogP contribution is -2.32. The van der Waals surface area contributed by atoms with Crippen molar-refractivity contribution in [2.24, 2.45) is 22.9 Å². The first-order valence-corrected chi connectivity index (χ1v) is 10.4. The highest BCUT2D eigenvalue weighted by atomic mass is 16.4. The van der Waals surface area contributed by atoms with E-state index in [4.69, 9.17) is 43.4 Å². The summed E-state index contributed by atoms with van der Waals surface area (Å²) in [5.41, 5.74) is 22.5. The monoisotopic (exact) mass is 482 g/mol. The number of phenols is 1. The number of rotatable bonds is 11. The zero-order valence-corrected chi connectivity index (χ0v) is 18.7. The molecular weight excluding hydrogens is 448 g/mol. The molecule has 34 heavy (non-hydrogen) atoms. The van der Waals surface area contributed by atoms with Crippen LogP contribution in [0.25, 0.3) is 0 Å². The Morgan fingerprint density at radius 3 is 1.82 bits per heavy atom. The second kappa shape index (κ2) is 17.0. The van der Waals surface area contributed by atoms with Crippen LogP contribution >= 0.6 is 0 Å². The third-order valence-electron chi connectivity index (χ3n) is 4.30. The predicted octanol–water partition coefficient (Wildman–Crippen LogP) is -0.762. The zero-order chi connectivity index (χ0) is 26.1. The molecule has 0 aliphatic rings. The molecule has 0 amide bonds. The van der Waals surface area contributed by atoms with E-state index in [9.17, 15) is 14.4 Å². The first-order valence-electron chi connectivity index (χ1n) is 10.4. The minimum absolute atomic E-state index is 0.160. The molecule has 0 unspecified atom stereocenters. The fourth-order valence-electron chi connectivity index (χ4n) is 2.32. The minimum atomic E-state index is -1.02. The third-order valence-corrected chi connectivity index (χ3v) is 4.30. The van der Waals surface area contributed by atoms with Gasteiger partial charge in [0.25, 0.3) is 0 Å². The van der Waals surface area contributed by atoms with Gasteiger partial charge < -0.3 is 48.3 Å². The fraction of sp³-hybridized carbons (Fsp3) is 0.429. The van der Waals surface area contributed by atoms with E-state index in [2.05, 4.69) is 9.97 Å². The van der Waals surface area contributed by atoms with Crippen LogP contribution in [0.15, 0.2) is 36.8 Å². The number of phenolic OH excluding ortho intramolecular Hbond substituents is 1. The summed E-state index contributed by atoms with van der Waals surface area (Å²) >= 11 is 0. The van der Waals surface area contributed by atoms with Crippen LogP contribution in [0.3, 0.4) is 0 Å². The normalized spacial score (nSPS) is 12.7. The number of aromatic amines is 1. The number of benzene rings is 1. The SMILES string of the molecule is NCCCC[C@H](N)C(=O)O.N[C@@H](Cc1c[nH]cn1)C(=O)O.N[C@@H](Cc1ccc(O)cc1)C(=O)O. The first kappa shape index (κ1) is 30.5. The molecule has 13 N–H and O–H groups in total. The number of carbonyl (C=O) groups is 3. The van der Waals surface area contributed by atoms with Gasteiger partial charge in [0.2, 0.25) is 0 Å². The number of nitrogens with zero attached hydrogens (tertiary/aromatic N) is 1. The van der Waals surface area contributed by atoms with E-state index in [1.54, 1.807) is 18.3 Å². The number of aromatic nitrogens is 2. The van der Waals surface area contributed by atoms with Crippen molar-refractivity contribution in [2.75, 3.05) is 6.54 Å². The zero-order valence-electron chi connectivity index (χ0n) is 18.7.